The predicted octanol–water partition coefficient (Wildman–Crippen LogP) is 4.92. The van der Waals surface area contributed by atoms with Crippen molar-refractivity contribution in [2.45, 2.75) is 20.3 Å². The molecule has 0 saturated heterocycles. The van der Waals surface area contributed by atoms with Crippen LogP contribution in [0.15, 0.2) is 42.5 Å². The highest BCUT2D eigenvalue weighted by Gasteiger charge is 2.07. The number of thiazole rings is 1. The minimum absolute atomic E-state index is 0.224. The first-order valence-electron chi connectivity index (χ1n) is 8.82. The van der Waals surface area contributed by atoms with Crippen LogP contribution in [0.1, 0.15) is 25.0 Å². The van der Waals surface area contributed by atoms with Crippen molar-refractivity contribution in [3.63, 3.8) is 0 Å². The van der Waals surface area contributed by atoms with Crippen LogP contribution < -0.4 is 14.8 Å². The number of amides is 1. The van der Waals surface area contributed by atoms with Crippen LogP contribution in [0, 0.1) is 0 Å². The number of carbonyl (C=O) groups excluding carboxylic acids is 1. The second-order valence-corrected chi connectivity index (χ2v) is 6.87. The van der Waals surface area contributed by atoms with E-state index in [9.17, 15) is 4.79 Å². The van der Waals surface area contributed by atoms with Crippen LogP contribution in [0.2, 0.25) is 0 Å². The van der Waals surface area contributed by atoms with Crippen molar-refractivity contribution in [2.24, 2.45) is 0 Å². The minimum Gasteiger partial charge on any atom is -0.493 e. The average Bonchev–Trinajstić information content (AvgIpc) is 3.08. The molecule has 1 N–H and O–H groups in total. The van der Waals surface area contributed by atoms with E-state index in [-0.39, 0.29) is 5.91 Å². The summed E-state index contributed by atoms with van der Waals surface area (Å²) < 4.78 is 11.9. The Hall–Kier alpha value is -2.86. The van der Waals surface area contributed by atoms with Crippen molar-refractivity contribution in [1.29, 1.82) is 0 Å². The van der Waals surface area contributed by atoms with Gasteiger partial charge in [0.15, 0.2) is 16.6 Å². The summed E-state index contributed by atoms with van der Waals surface area (Å²) in [6.07, 6.45) is 4.19. The molecule has 3 rings (SSSR count). The van der Waals surface area contributed by atoms with Crippen molar-refractivity contribution < 1.29 is 14.3 Å². The van der Waals surface area contributed by atoms with Crippen LogP contribution in [0.3, 0.4) is 0 Å². The van der Waals surface area contributed by atoms with Gasteiger partial charge in [0.2, 0.25) is 5.91 Å². The SMILES string of the molecule is CCOc1ccc(/C=C/C(=O)Nc2nc3ccc(CC)cc3s2)cc1OC. The Morgan fingerprint density at radius 3 is 2.78 bits per heavy atom. The van der Waals surface area contributed by atoms with Crippen LogP contribution in [0.25, 0.3) is 16.3 Å². The fraction of sp³-hybridized carbons (Fsp3) is 0.238. The van der Waals surface area contributed by atoms with E-state index in [0.29, 0.717) is 23.2 Å². The summed E-state index contributed by atoms with van der Waals surface area (Å²) in [5.74, 6) is 1.09. The summed E-state index contributed by atoms with van der Waals surface area (Å²) in [5.41, 5.74) is 3.00. The van der Waals surface area contributed by atoms with Gasteiger partial charge in [0.05, 0.1) is 23.9 Å². The molecule has 3 aromatic rings. The molecule has 1 amide bonds. The number of fused-ring (bicyclic) bond motifs is 1. The molecule has 1 heterocycles. The number of ether oxygens (including phenoxy) is 2. The standard InChI is InChI=1S/C21H22N2O3S/c1-4-14-6-9-16-19(13-14)27-21(22-16)23-20(24)11-8-15-7-10-17(26-5-2)18(12-15)25-3/h6-13H,4-5H2,1-3H3,(H,22,23,24)/b11-8+. The first-order valence-corrected chi connectivity index (χ1v) is 9.64. The first kappa shape index (κ1) is 18.9. The van der Waals surface area contributed by atoms with Crippen molar-refractivity contribution in [3.8, 4) is 11.5 Å². The maximum absolute atomic E-state index is 12.2. The zero-order chi connectivity index (χ0) is 19.2. The summed E-state index contributed by atoms with van der Waals surface area (Å²) in [7, 11) is 1.59. The normalized spacial score (nSPS) is 11.1. The molecule has 0 aliphatic rings. The number of hydrogen-bond donors (Lipinski definition) is 1. The largest absolute Gasteiger partial charge is 0.493 e. The molecule has 27 heavy (non-hydrogen) atoms. The van der Waals surface area contributed by atoms with Gasteiger partial charge in [-0.3, -0.25) is 10.1 Å². The van der Waals surface area contributed by atoms with Crippen molar-refractivity contribution in [2.75, 3.05) is 19.0 Å². The van der Waals surface area contributed by atoms with E-state index in [1.165, 1.54) is 23.0 Å². The molecule has 0 spiro atoms. The smallest absolute Gasteiger partial charge is 0.250 e. The summed E-state index contributed by atoms with van der Waals surface area (Å²) in [4.78, 5) is 16.7. The van der Waals surface area contributed by atoms with Gasteiger partial charge in [-0.1, -0.05) is 30.4 Å². The molecular weight excluding hydrogens is 360 g/mol. The van der Waals surface area contributed by atoms with Crippen LogP contribution in [-0.4, -0.2) is 24.6 Å². The van der Waals surface area contributed by atoms with Crippen molar-refractivity contribution in [1.82, 2.24) is 4.98 Å². The molecule has 0 fully saturated rings. The molecule has 0 unspecified atom stereocenters. The highest BCUT2D eigenvalue weighted by molar-refractivity contribution is 7.22. The van der Waals surface area contributed by atoms with Gasteiger partial charge in [0.25, 0.3) is 0 Å². The lowest BCUT2D eigenvalue weighted by molar-refractivity contribution is -0.111. The van der Waals surface area contributed by atoms with E-state index in [1.807, 2.05) is 31.2 Å². The maximum Gasteiger partial charge on any atom is 0.250 e. The van der Waals surface area contributed by atoms with Crippen LogP contribution in [0.4, 0.5) is 5.13 Å². The van der Waals surface area contributed by atoms with Gasteiger partial charge in [-0.25, -0.2) is 4.98 Å². The number of nitrogens with one attached hydrogen (secondary N) is 1. The maximum atomic E-state index is 12.2. The lowest BCUT2D eigenvalue weighted by atomic mass is 10.2. The van der Waals surface area contributed by atoms with E-state index in [0.717, 1.165) is 22.2 Å². The van der Waals surface area contributed by atoms with Crippen LogP contribution in [-0.2, 0) is 11.2 Å². The highest BCUT2D eigenvalue weighted by Crippen LogP contribution is 2.29. The van der Waals surface area contributed by atoms with Gasteiger partial charge in [-0.15, -0.1) is 0 Å². The molecule has 5 nitrogen and oxygen atoms in total. The Bertz CT molecular complexity index is 979. The monoisotopic (exact) mass is 382 g/mol. The summed E-state index contributed by atoms with van der Waals surface area (Å²) >= 11 is 1.48. The highest BCUT2D eigenvalue weighted by atomic mass is 32.1. The fourth-order valence-electron chi connectivity index (χ4n) is 2.62. The Morgan fingerprint density at radius 2 is 2.04 bits per heavy atom. The lowest BCUT2D eigenvalue weighted by Crippen LogP contribution is -2.07. The van der Waals surface area contributed by atoms with Crippen molar-refractivity contribution >= 4 is 38.7 Å². The van der Waals surface area contributed by atoms with Crippen LogP contribution in [0.5, 0.6) is 11.5 Å². The molecule has 6 heteroatoms. The third-order valence-electron chi connectivity index (χ3n) is 4.01. The zero-order valence-corrected chi connectivity index (χ0v) is 16.4. The van der Waals surface area contributed by atoms with E-state index < -0.39 is 0 Å². The van der Waals surface area contributed by atoms with Gasteiger partial charge in [0.1, 0.15) is 0 Å². The quantitative estimate of drug-likeness (QED) is 0.589. The first-order chi connectivity index (χ1) is 13.1. The number of nitrogens with zero attached hydrogens (tertiary/aromatic N) is 1. The number of rotatable bonds is 7. The number of methoxy groups -OCH3 is 1. The predicted molar refractivity (Wildman–Crippen MR) is 111 cm³/mol. The van der Waals surface area contributed by atoms with Gasteiger partial charge >= 0.3 is 0 Å². The molecule has 140 valence electrons. The van der Waals surface area contributed by atoms with Gasteiger partial charge < -0.3 is 9.47 Å². The zero-order valence-electron chi connectivity index (χ0n) is 15.6. The second kappa shape index (κ2) is 8.68. The Balaban J connectivity index is 1.70. The van der Waals surface area contributed by atoms with Gasteiger partial charge in [-0.05, 0) is 54.8 Å². The molecule has 2 aromatic carbocycles. The van der Waals surface area contributed by atoms with E-state index in [2.05, 4.69) is 29.4 Å². The van der Waals surface area contributed by atoms with E-state index >= 15 is 0 Å². The Kier molecular flexibility index (Phi) is 6.08. The average molecular weight is 382 g/mol. The number of hydrogen-bond acceptors (Lipinski definition) is 5. The number of carbonyl (C=O) groups is 1. The Morgan fingerprint density at radius 1 is 1.19 bits per heavy atom. The summed E-state index contributed by atoms with van der Waals surface area (Å²) in [6.45, 7) is 4.60. The fourth-order valence-corrected chi connectivity index (χ4v) is 3.56. The van der Waals surface area contributed by atoms with Gasteiger partial charge in [0, 0.05) is 6.08 Å². The number of benzene rings is 2. The van der Waals surface area contributed by atoms with Crippen LogP contribution >= 0.6 is 11.3 Å². The van der Waals surface area contributed by atoms with Gasteiger partial charge in [-0.2, -0.15) is 0 Å². The molecule has 0 aliphatic heterocycles. The summed E-state index contributed by atoms with van der Waals surface area (Å²) in [5, 5.41) is 3.42. The molecular formula is C21H22N2O3S. The molecule has 0 saturated carbocycles. The third kappa shape index (κ3) is 4.65. The molecule has 0 radical (unpaired) electrons. The summed E-state index contributed by atoms with van der Waals surface area (Å²) in [6, 6.07) is 11.7. The topological polar surface area (TPSA) is 60.5 Å². The lowest BCUT2D eigenvalue weighted by Gasteiger charge is -2.09. The van der Waals surface area contributed by atoms with E-state index in [4.69, 9.17) is 9.47 Å². The number of aromatic nitrogens is 1. The number of aryl methyl sites for hydroxylation is 1. The number of anilines is 1. The molecule has 1 aromatic heterocycles. The Labute approximate surface area is 162 Å². The molecule has 0 atom stereocenters. The minimum atomic E-state index is -0.224. The van der Waals surface area contributed by atoms with Crippen molar-refractivity contribution in [3.05, 3.63) is 53.6 Å². The molecule has 0 aliphatic carbocycles. The van der Waals surface area contributed by atoms with E-state index in [1.54, 1.807) is 13.2 Å². The third-order valence-corrected chi connectivity index (χ3v) is 4.94. The molecule has 0 bridgehead atoms. The second-order valence-electron chi connectivity index (χ2n) is 5.84.